The van der Waals surface area contributed by atoms with Gasteiger partial charge in [-0.25, -0.2) is 4.99 Å². The Kier molecular flexibility index (Phi) is 3.85. The molecule has 0 saturated carbocycles. The largest absolute Gasteiger partial charge is 0.374 e. The zero-order chi connectivity index (χ0) is 9.52. The highest BCUT2D eigenvalue weighted by atomic mass is 32.1. The van der Waals surface area contributed by atoms with Crippen molar-refractivity contribution in [2.24, 2.45) is 10.7 Å². The van der Waals surface area contributed by atoms with Crippen molar-refractivity contribution < 1.29 is 0 Å². The third-order valence-electron chi connectivity index (χ3n) is 1.38. The molecule has 2 N–H and O–H groups in total. The van der Waals surface area contributed by atoms with E-state index in [1.165, 1.54) is 0 Å². The van der Waals surface area contributed by atoms with Crippen molar-refractivity contribution in [1.29, 1.82) is 0 Å². The second-order valence-corrected chi connectivity index (χ2v) is 2.80. The lowest BCUT2D eigenvalue weighted by molar-refractivity contribution is 1.64. The summed E-state index contributed by atoms with van der Waals surface area (Å²) >= 11 is 4.57. The molecule has 0 aromatic heterocycles. The van der Waals surface area contributed by atoms with Crippen molar-refractivity contribution in [3.05, 3.63) is 42.0 Å². The molecule has 13 heavy (non-hydrogen) atoms. The van der Waals surface area contributed by atoms with Gasteiger partial charge in [-0.15, -0.1) is 0 Å². The minimum atomic E-state index is 0.151. The van der Waals surface area contributed by atoms with Gasteiger partial charge in [0.2, 0.25) is 0 Å². The number of benzene rings is 1. The first-order valence-corrected chi connectivity index (χ1v) is 4.25. The highest BCUT2D eigenvalue weighted by Gasteiger charge is 1.80. The van der Waals surface area contributed by atoms with Crippen LogP contribution >= 0.6 is 12.2 Å². The van der Waals surface area contributed by atoms with E-state index in [1.807, 2.05) is 36.4 Å². The molecule has 0 heterocycles. The molecule has 0 spiro atoms. The summed E-state index contributed by atoms with van der Waals surface area (Å²) in [5.74, 6) is 0. The van der Waals surface area contributed by atoms with Gasteiger partial charge in [-0.1, -0.05) is 36.4 Å². The zero-order valence-electron chi connectivity index (χ0n) is 7.05. The Balaban J connectivity index is 2.55. The second-order valence-electron chi connectivity index (χ2n) is 2.39. The Labute approximate surface area is 82.8 Å². The molecule has 0 atom stereocenters. The number of allylic oxidation sites excluding steroid dienone is 1. The molecule has 2 nitrogen and oxygen atoms in total. The van der Waals surface area contributed by atoms with Crippen molar-refractivity contribution in [3.8, 4) is 0 Å². The maximum Gasteiger partial charge on any atom is 0.190 e. The summed E-state index contributed by atoms with van der Waals surface area (Å²) in [6.07, 6.45) is 5.31. The molecule has 1 aromatic carbocycles. The van der Waals surface area contributed by atoms with E-state index in [4.69, 9.17) is 5.73 Å². The van der Waals surface area contributed by atoms with Crippen LogP contribution in [0.2, 0.25) is 0 Å². The standard InChI is InChI=1S/C10H10N2S/c11-10(13)12-8-4-7-9-5-2-1-3-6-9/h1-8H,(H2,11,13)/b7-4-,12-8+. The summed E-state index contributed by atoms with van der Waals surface area (Å²) in [6, 6.07) is 9.94. The van der Waals surface area contributed by atoms with Gasteiger partial charge in [-0.3, -0.25) is 0 Å². The van der Waals surface area contributed by atoms with Gasteiger partial charge in [-0.2, -0.15) is 0 Å². The highest BCUT2D eigenvalue weighted by molar-refractivity contribution is 7.80. The van der Waals surface area contributed by atoms with E-state index in [0.717, 1.165) is 5.56 Å². The van der Waals surface area contributed by atoms with E-state index >= 15 is 0 Å². The number of aliphatic imine (C=N–C) groups is 1. The third kappa shape index (κ3) is 4.18. The molecule has 0 aliphatic rings. The molecule has 66 valence electrons. The van der Waals surface area contributed by atoms with E-state index in [9.17, 15) is 0 Å². The topological polar surface area (TPSA) is 38.4 Å². The van der Waals surface area contributed by atoms with Crippen LogP contribution in [0, 0.1) is 0 Å². The number of rotatable bonds is 2. The van der Waals surface area contributed by atoms with Crippen LogP contribution in [-0.2, 0) is 0 Å². The summed E-state index contributed by atoms with van der Waals surface area (Å²) in [4.78, 5) is 3.74. The van der Waals surface area contributed by atoms with Crippen LogP contribution in [0.3, 0.4) is 0 Å². The van der Waals surface area contributed by atoms with E-state index in [1.54, 1.807) is 12.3 Å². The summed E-state index contributed by atoms with van der Waals surface area (Å²) < 4.78 is 0. The molecular weight excluding hydrogens is 180 g/mol. The van der Waals surface area contributed by atoms with Gasteiger partial charge >= 0.3 is 0 Å². The Morgan fingerprint density at radius 2 is 2.00 bits per heavy atom. The van der Waals surface area contributed by atoms with Gasteiger partial charge in [0.05, 0.1) is 0 Å². The van der Waals surface area contributed by atoms with Crippen molar-refractivity contribution >= 4 is 29.6 Å². The SMILES string of the molecule is NC(=S)/N=C/C=C\c1ccccc1. The lowest BCUT2D eigenvalue weighted by atomic mass is 10.2. The third-order valence-corrected chi connectivity index (χ3v) is 1.48. The molecule has 1 rings (SSSR count). The Bertz CT molecular complexity index is 328. The van der Waals surface area contributed by atoms with Gasteiger partial charge in [0, 0.05) is 6.21 Å². The molecule has 0 aliphatic heterocycles. The lowest BCUT2D eigenvalue weighted by Crippen LogP contribution is -2.02. The van der Waals surface area contributed by atoms with Crippen LogP contribution < -0.4 is 5.73 Å². The maximum absolute atomic E-state index is 5.17. The lowest BCUT2D eigenvalue weighted by Gasteiger charge is -1.88. The van der Waals surface area contributed by atoms with Gasteiger partial charge in [0.15, 0.2) is 5.11 Å². The van der Waals surface area contributed by atoms with E-state index in [2.05, 4.69) is 17.2 Å². The molecule has 0 fully saturated rings. The Morgan fingerprint density at radius 3 is 2.62 bits per heavy atom. The highest BCUT2D eigenvalue weighted by Crippen LogP contribution is 1.99. The van der Waals surface area contributed by atoms with E-state index < -0.39 is 0 Å². The Hall–Kier alpha value is -1.48. The van der Waals surface area contributed by atoms with Crippen LogP contribution in [0.1, 0.15) is 5.56 Å². The van der Waals surface area contributed by atoms with Crippen LogP contribution in [0.15, 0.2) is 41.4 Å². The monoisotopic (exact) mass is 190 g/mol. The minimum Gasteiger partial charge on any atom is -0.374 e. The maximum atomic E-state index is 5.17. The second kappa shape index (κ2) is 5.22. The van der Waals surface area contributed by atoms with Crippen LogP contribution in [0.25, 0.3) is 6.08 Å². The van der Waals surface area contributed by atoms with Gasteiger partial charge in [0.25, 0.3) is 0 Å². The number of hydrogen-bond acceptors (Lipinski definition) is 1. The predicted octanol–water partition coefficient (Wildman–Crippen LogP) is 2.01. The summed E-state index contributed by atoms with van der Waals surface area (Å²) in [5, 5.41) is 0.151. The van der Waals surface area contributed by atoms with Crippen LogP contribution in [-0.4, -0.2) is 11.3 Å². The average Bonchev–Trinajstić information content (AvgIpc) is 2.14. The van der Waals surface area contributed by atoms with E-state index in [-0.39, 0.29) is 5.11 Å². The molecule has 0 radical (unpaired) electrons. The summed E-state index contributed by atoms with van der Waals surface area (Å²) in [7, 11) is 0. The fourth-order valence-corrected chi connectivity index (χ4v) is 0.896. The first kappa shape index (κ1) is 9.61. The molecule has 0 amide bonds. The molecular formula is C10H10N2S. The normalized spacial score (nSPS) is 11.1. The molecule has 0 saturated heterocycles. The summed E-state index contributed by atoms with van der Waals surface area (Å²) in [6.45, 7) is 0. The van der Waals surface area contributed by atoms with Crippen LogP contribution in [0.5, 0.6) is 0 Å². The minimum absolute atomic E-state index is 0.151. The van der Waals surface area contributed by atoms with E-state index in [0.29, 0.717) is 0 Å². The van der Waals surface area contributed by atoms with Crippen molar-refractivity contribution in [2.45, 2.75) is 0 Å². The van der Waals surface area contributed by atoms with Gasteiger partial charge in [0.1, 0.15) is 0 Å². The Morgan fingerprint density at radius 1 is 1.31 bits per heavy atom. The fourth-order valence-electron chi connectivity index (χ4n) is 0.835. The zero-order valence-corrected chi connectivity index (χ0v) is 7.87. The van der Waals surface area contributed by atoms with Crippen molar-refractivity contribution in [2.75, 3.05) is 0 Å². The number of hydrogen-bond donors (Lipinski definition) is 1. The first-order chi connectivity index (χ1) is 6.29. The number of nitrogens with two attached hydrogens (primary N) is 1. The molecule has 0 aliphatic carbocycles. The number of nitrogens with zero attached hydrogens (tertiary/aromatic N) is 1. The van der Waals surface area contributed by atoms with Gasteiger partial charge in [-0.05, 0) is 23.9 Å². The molecule has 0 bridgehead atoms. The van der Waals surface area contributed by atoms with Crippen molar-refractivity contribution in [3.63, 3.8) is 0 Å². The first-order valence-electron chi connectivity index (χ1n) is 3.84. The molecule has 1 aromatic rings. The predicted molar refractivity (Wildman–Crippen MR) is 60.8 cm³/mol. The van der Waals surface area contributed by atoms with Crippen LogP contribution in [0.4, 0.5) is 0 Å². The summed E-state index contributed by atoms with van der Waals surface area (Å²) in [5.41, 5.74) is 6.29. The van der Waals surface area contributed by atoms with Gasteiger partial charge < -0.3 is 5.73 Å². The quantitative estimate of drug-likeness (QED) is 0.572. The molecule has 3 heteroatoms. The molecule has 0 unspecified atom stereocenters. The van der Waals surface area contributed by atoms with Crippen molar-refractivity contribution in [1.82, 2.24) is 0 Å². The average molecular weight is 190 g/mol. The number of thiocarbonyl (C=S) groups is 1. The fraction of sp³-hybridized carbons (Fsp3) is 0. The smallest absolute Gasteiger partial charge is 0.190 e.